The summed E-state index contributed by atoms with van der Waals surface area (Å²) in [6.45, 7) is 2.08. The Morgan fingerprint density at radius 1 is 1.11 bits per heavy atom. The number of hydrogen-bond donors (Lipinski definition) is 0. The van der Waals surface area contributed by atoms with E-state index in [9.17, 15) is 4.39 Å². The zero-order valence-corrected chi connectivity index (χ0v) is 16.1. The first kappa shape index (κ1) is 16.4. The molecule has 2 aromatic heterocycles. The molecule has 1 aliphatic heterocycles. The summed E-state index contributed by atoms with van der Waals surface area (Å²) in [5.74, 6) is -0.298. The lowest BCUT2D eigenvalue weighted by Crippen LogP contribution is -2.04. The van der Waals surface area contributed by atoms with Crippen LogP contribution >= 0.6 is 15.9 Å². The maximum atomic E-state index is 13.9. The smallest absolute Gasteiger partial charge is 0.128 e. The largest absolute Gasteiger partial charge is 0.299 e. The van der Waals surface area contributed by atoms with Gasteiger partial charge < -0.3 is 0 Å². The van der Waals surface area contributed by atoms with Gasteiger partial charge in [0.15, 0.2) is 0 Å². The fourth-order valence-electron chi connectivity index (χ4n) is 3.60. The molecule has 0 atom stereocenters. The van der Waals surface area contributed by atoms with Crippen molar-refractivity contribution < 1.29 is 4.39 Å². The molecule has 0 spiro atoms. The molecule has 0 fully saturated rings. The quantitative estimate of drug-likeness (QED) is 0.428. The molecule has 5 nitrogen and oxygen atoms in total. The summed E-state index contributed by atoms with van der Waals surface area (Å²) in [6, 6.07) is 13.1. The van der Waals surface area contributed by atoms with Crippen LogP contribution in [0.15, 0.2) is 53.4 Å². The zero-order chi connectivity index (χ0) is 18.5. The maximum absolute atomic E-state index is 13.9. The third-order valence-electron chi connectivity index (χ3n) is 4.87. The minimum atomic E-state index is -0.298. The second-order valence-electron chi connectivity index (χ2n) is 6.72. The second-order valence-corrected chi connectivity index (χ2v) is 7.47. The summed E-state index contributed by atoms with van der Waals surface area (Å²) >= 11 is 3.52. The Bertz CT molecular complexity index is 1180. The fraction of sp³-hybridized carbons (Fsp3) is 0.150. The van der Waals surface area contributed by atoms with Gasteiger partial charge in [0.25, 0.3) is 0 Å². The highest BCUT2D eigenvalue weighted by Gasteiger charge is 2.25. The van der Waals surface area contributed by atoms with Crippen LogP contribution in [-0.4, -0.2) is 24.5 Å². The predicted octanol–water partition coefficient (Wildman–Crippen LogP) is 4.16. The number of aromatic nitrogens is 5. The highest BCUT2D eigenvalue weighted by molar-refractivity contribution is 9.10. The lowest BCUT2D eigenvalue weighted by molar-refractivity contribution is 0.625. The van der Waals surface area contributed by atoms with Crippen LogP contribution in [-0.2, 0) is 12.8 Å². The van der Waals surface area contributed by atoms with E-state index in [0.717, 1.165) is 27.4 Å². The van der Waals surface area contributed by atoms with E-state index in [4.69, 9.17) is 0 Å². The van der Waals surface area contributed by atoms with E-state index in [1.54, 1.807) is 12.4 Å². The van der Waals surface area contributed by atoms with Crippen LogP contribution in [0.4, 0.5) is 4.39 Å². The Labute approximate surface area is 163 Å². The normalized spacial score (nSPS) is 12.3. The molecule has 27 heavy (non-hydrogen) atoms. The monoisotopic (exact) mass is 423 g/mol. The van der Waals surface area contributed by atoms with Gasteiger partial charge in [-0.2, -0.15) is 0 Å². The molecule has 5 rings (SSSR count). The van der Waals surface area contributed by atoms with Crippen molar-refractivity contribution in [1.82, 2.24) is 24.5 Å². The van der Waals surface area contributed by atoms with Gasteiger partial charge in [0.2, 0.25) is 0 Å². The molecule has 2 aromatic carbocycles. The third-order valence-corrected chi connectivity index (χ3v) is 5.54. The Hall–Kier alpha value is -2.80. The summed E-state index contributed by atoms with van der Waals surface area (Å²) in [5, 5.41) is 8.84. The Balaban J connectivity index is 1.69. The first-order valence-electron chi connectivity index (χ1n) is 8.61. The van der Waals surface area contributed by atoms with E-state index in [1.807, 2.05) is 9.25 Å². The summed E-state index contributed by atoms with van der Waals surface area (Å²) in [6.07, 6.45) is 3.00. The van der Waals surface area contributed by atoms with E-state index >= 15 is 0 Å². The molecule has 1 aliphatic rings. The van der Waals surface area contributed by atoms with Crippen LogP contribution in [0.5, 0.6) is 0 Å². The van der Waals surface area contributed by atoms with E-state index in [2.05, 4.69) is 62.4 Å². The van der Waals surface area contributed by atoms with Crippen LogP contribution in [0.3, 0.4) is 0 Å². The van der Waals surface area contributed by atoms with Crippen molar-refractivity contribution in [2.75, 3.05) is 0 Å². The van der Waals surface area contributed by atoms with Crippen LogP contribution in [0, 0.1) is 12.7 Å². The van der Waals surface area contributed by atoms with Crippen molar-refractivity contribution in [2.24, 2.45) is 0 Å². The molecule has 0 saturated heterocycles. The molecule has 0 bridgehead atoms. The topological polar surface area (TPSA) is 48.5 Å². The summed E-state index contributed by atoms with van der Waals surface area (Å²) in [4.78, 5) is 4.36. The van der Waals surface area contributed by atoms with Crippen molar-refractivity contribution in [3.8, 4) is 11.4 Å². The molecule has 3 heterocycles. The van der Waals surface area contributed by atoms with Crippen LogP contribution in [0.25, 0.3) is 11.4 Å². The van der Waals surface area contributed by atoms with Gasteiger partial charge in [0, 0.05) is 18.9 Å². The minimum absolute atomic E-state index is 0.298. The first-order valence-corrected chi connectivity index (χ1v) is 9.40. The molecule has 0 N–H and O–H groups in total. The lowest BCUT2D eigenvalue weighted by atomic mass is 10.0. The lowest BCUT2D eigenvalue weighted by Gasteiger charge is -2.09. The number of imidazole rings is 1. The first-order chi connectivity index (χ1) is 13.1. The number of aryl methyl sites for hydroxylation is 1. The predicted molar refractivity (Wildman–Crippen MR) is 103 cm³/mol. The molecule has 0 aliphatic carbocycles. The third kappa shape index (κ3) is 2.70. The van der Waals surface area contributed by atoms with Crippen molar-refractivity contribution in [3.63, 3.8) is 0 Å². The van der Waals surface area contributed by atoms with E-state index in [-0.39, 0.29) is 5.82 Å². The van der Waals surface area contributed by atoms with Gasteiger partial charge in [-0.3, -0.25) is 4.57 Å². The van der Waals surface area contributed by atoms with Gasteiger partial charge in [-0.25, -0.2) is 14.1 Å². The van der Waals surface area contributed by atoms with Gasteiger partial charge >= 0.3 is 0 Å². The maximum Gasteiger partial charge on any atom is 0.128 e. The molecule has 4 aromatic rings. The van der Waals surface area contributed by atoms with Crippen molar-refractivity contribution in [3.05, 3.63) is 87.4 Å². The van der Waals surface area contributed by atoms with Gasteiger partial charge in [-0.1, -0.05) is 35.0 Å². The average molecular weight is 424 g/mol. The van der Waals surface area contributed by atoms with Crippen LogP contribution in [0.2, 0.25) is 0 Å². The number of hydrogen-bond acceptors (Lipinski definition) is 3. The Morgan fingerprint density at radius 3 is 2.85 bits per heavy atom. The van der Waals surface area contributed by atoms with E-state index in [1.165, 1.54) is 23.3 Å². The van der Waals surface area contributed by atoms with Gasteiger partial charge in [-0.05, 0) is 40.5 Å². The number of fused-ring (bicyclic) bond motifs is 5. The summed E-state index contributed by atoms with van der Waals surface area (Å²) < 4.78 is 18.4. The highest BCUT2D eigenvalue weighted by atomic mass is 79.9. The molecular weight excluding hydrogens is 409 g/mol. The molecule has 134 valence electrons. The SMILES string of the molecule is Cc1cccc(Cc2nnn3c2Cc2c(Br)ncn2-c2cc(F)ccc2-3)c1. The molecule has 0 radical (unpaired) electrons. The Morgan fingerprint density at radius 2 is 2.00 bits per heavy atom. The number of halogens is 2. The molecular formula is C20H15BrFN5. The fourth-order valence-corrected chi connectivity index (χ4v) is 4.02. The highest BCUT2D eigenvalue weighted by Crippen LogP contribution is 2.32. The van der Waals surface area contributed by atoms with Crippen molar-refractivity contribution in [1.29, 1.82) is 0 Å². The minimum Gasteiger partial charge on any atom is -0.299 e. The number of nitrogens with zero attached hydrogens (tertiary/aromatic N) is 5. The average Bonchev–Trinajstić information content (AvgIpc) is 3.16. The summed E-state index contributed by atoms with van der Waals surface area (Å²) in [7, 11) is 0. The van der Waals surface area contributed by atoms with Crippen LogP contribution < -0.4 is 0 Å². The zero-order valence-electron chi connectivity index (χ0n) is 14.5. The van der Waals surface area contributed by atoms with E-state index in [0.29, 0.717) is 18.5 Å². The number of benzene rings is 2. The van der Waals surface area contributed by atoms with Crippen LogP contribution in [0.1, 0.15) is 28.2 Å². The standard InChI is InChI=1S/C20H15BrFN5/c1-12-3-2-4-13(7-12)8-15-17-10-19-20(21)23-11-26(19)18-9-14(22)5-6-16(18)27(17)25-24-15/h2-7,9,11H,8,10H2,1H3. The molecule has 0 amide bonds. The Kier molecular flexibility index (Phi) is 3.72. The van der Waals surface area contributed by atoms with Gasteiger partial charge in [0.05, 0.1) is 28.5 Å². The van der Waals surface area contributed by atoms with Crippen molar-refractivity contribution in [2.45, 2.75) is 19.8 Å². The molecule has 0 saturated carbocycles. The van der Waals surface area contributed by atoms with E-state index < -0.39 is 0 Å². The van der Waals surface area contributed by atoms with Gasteiger partial charge in [-0.15, -0.1) is 5.10 Å². The van der Waals surface area contributed by atoms with Gasteiger partial charge in [0.1, 0.15) is 16.7 Å². The number of rotatable bonds is 2. The molecule has 7 heteroatoms. The van der Waals surface area contributed by atoms with Crippen molar-refractivity contribution >= 4 is 15.9 Å². The molecule has 0 unspecified atom stereocenters. The second kappa shape index (κ2) is 6.13. The summed E-state index contributed by atoms with van der Waals surface area (Å²) in [5.41, 5.74) is 6.75.